The van der Waals surface area contributed by atoms with Gasteiger partial charge in [0.1, 0.15) is 5.02 Å². The molecule has 0 N–H and O–H groups in total. The first-order valence-corrected chi connectivity index (χ1v) is 3.55. The van der Waals surface area contributed by atoms with Gasteiger partial charge in [0.25, 0.3) is 0 Å². The molecule has 0 aliphatic carbocycles. The molecule has 76 valence electrons. The lowest BCUT2D eigenvalue weighted by atomic mass is 10.2. The van der Waals surface area contributed by atoms with E-state index in [1.54, 1.807) is 0 Å². The summed E-state index contributed by atoms with van der Waals surface area (Å²) in [6.07, 6.45) is -4.45. The van der Waals surface area contributed by atoms with E-state index in [2.05, 4.69) is 4.98 Å². The van der Waals surface area contributed by atoms with E-state index in [-0.39, 0.29) is 23.1 Å². The Hall–Kier alpha value is -0.990. The van der Waals surface area contributed by atoms with E-state index in [4.69, 9.17) is 17.0 Å². The zero-order valence-electron chi connectivity index (χ0n) is 6.52. The van der Waals surface area contributed by atoms with Crippen LogP contribution in [0.2, 0.25) is 5.02 Å². The van der Waals surface area contributed by atoms with Crippen LogP contribution in [-0.4, -0.2) is 0 Å². The molecule has 1 aromatic rings. The lowest BCUT2D eigenvalue weighted by molar-refractivity contribution is -0.137. The van der Waals surface area contributed by atoms with E-state index < -0.39 is 11.7 Å². The lowest BCUT2D eigenvalue weighted by Gasteiger charge is -2.03. The maximum atomic E-state index is 12.1. The summed E-state index contributed by atoms with van der Waals surface area (Å²) in [7, 11) is 0. The van der Waals surface area contributed by atoms with Gasteiger partial charge in [-0.2, -0.15) is 13.2 Å². The molecule has 0 aliphatic rings. The molecule has 14 heavy (non-hydrogen) atoms. The minimum atomic E-state index is -4.45. The second kappa shape index (κ2) is 4.49. The number of hydrogen-bond donors (Lipinski definition) is 0. The molecular formula is C7H3Cl2F3N2. The number of rotatable bonds is 0. The predicted octanol–water partition coefficient (Wildman–Crippen LogP) is 0.847. The van der Waals surface area contributed by atoms with Crippen LogP contribution in [0.5, 0.6) is 0 Å². The SMILES string of the molecule is N#[N+]c1cc(C(F)(F)F)ccc1Cl.[Cl-]. The van der Waals surface area contributed by atoms with Crippen molar-refractivity contribution in [3.63, 3.8) is 0 Å². The molecule has 1 rings (SSSR count). The smallest absolute Gasteiger partial charge is 0.416 e. The van der Waals surface area contributed by atoms with E-state index in [1.165, 1.54) is 0 Å². The minimum Gasteiger partial charge on any atom is -1.00 e. The molecule has 0 heterocycles. The Morgan fingerprint density at radius 1 is 1.29 bits per heavy atom. The van der Waals surface area contributed by atoms with Crippen molar-refractivity contribution in [1.82, 2.24) is 0 Å². The van der Waals surface area contributed by atoms with Gasteiger partial charge < -0.3 is 12.4 Å². The zero-order chi connectivity index (χ0) is 10.1. The van der Waals surface area contributed by atoms with Crippen molar-refractivity contribution >= 4 is 17.3 Å². The van der Waals surface area contributed by atoms with Crippen LogP contribution in [0.1, 0.15) is 5.56 Å². The summed E-state index contributed by atoms with van der Waals surface area (Å²) in [5, 5.41) is 8.25. The zero-order valence-corrected chi connectivity index (χ0v) is 8.03. The molecule has 0 saturated carbocycles. The standard InChI is InChI=1S/C7H3ClF3N2.ClH/c8-5-2-1-4(7(9,10)11)3-6(5)13-12;/h1-3H;1H/q+1;/p-1. The fourth-order valence-electron chi connectivity index (χ4n) is 0.766. The van der Waals surface area contributed by atoms with Gasteiger partial charge in [0.2, 0.25) is 5.39 Å². The Morgan fingerprint density at radius 2 is 1.86 bits per heavy atom. The number of diazo groups is 1. The Labute approximate surface area is 88.7 Å². The van der Waals surface area contributed by atoms with Gasteiger partial charge in [0.05, 0.1) is 5.56 Å². The van der Waals surface area contributed by atoms with Gasteiger partial charge in [-0.05, 0) is 12.1 Å². The first-order valence-electron chi connectivity index (χ1n) is 3.17. The molecule has 0 amide bonds. The van der Waals surface area contributed by atoms with E-state index in [0.717, 1.165) is 12.1 Å². The van der Waals surface area contributed by atoms with Gasteiger partial charge in [-0.25, -0.2) is 0 Å². The van der Waals surface area contributed by atoms with Crippen LogP contribution in [0.4, 0.5) is 18.9 Å². The highest BCUT2D eigenvalue weighted by atomic mass is 35.5. The number of hydrogen-bond acceptors (Lipinski definition) is 1. The first kappa shape index (κ1) is 13.0. The second-order valence-corrected chi connectivity index (χ2v) is 2.67. The molecule has 7 heteroatoms. The van der Waals surface area contributed by atoms with Crippen LogP contribution in [0, 0.1) is 5.39 Å². The van der Waals surface area contributed by atoms with E-state index >= 15 is 0 Å². The topological polar surface area (TPSA) is 28.1 Å². The Morgan fingerprint density at radius 3 is 2.29 bits per heavy atom. The van der Waals surface area contributed by atoms with Gasteiger partial charge in [0.15, 0.2) is 4.98 Å². The number of alkyl halides is 3. The molecule has 0 radical (unpaired) electrons. The second-order valence-electron chi connectivity index (χ2n) is 2.26. The predicted molar refractivity (Wildman–Crippen MR) is 41.2 cm³/mol. The van der Waals surface area contributed by atoms with Crippen LogP contribution in [0.15, 0.2) is 18.2 Å². The molecule has 0 saturated heterocycles. The molecule has 0 bridgehead atoms. The molecular weight excluding hydrogens is 240 g/mol. The molecule has 2 nitrogen and oxygen atoms in total. The highest BCUT2D eigenvalue weighted by molar-refractivity contribution is 6.33. The molecule has 0 spiro atoms. The summed E-state index contributed by atoms with van der Waals surface area (Å²) in [6.45, 7) is 0. The minimum absolute atomic E-state index is 0. The van der Waals surface area contributed by atoms with Crippen molar-refractivity contribution in [1.29, 1.82) is 5.39 Å². The molecule has 0 aliphatic heterocycles. The van der Waals surface area contributed by atoms with Crippen molar-refractivity contribution in [2.24, 2.45) is 0 Å². The summed E-state index contributed by atoms with van der Waals surface area (Å²) < 4.78 is 36.2. The monoisotopic (exact) mass is 242 g/mol. The third-order valence-electron chi connectivity index (χ3n) is 1.38. The number of halogens is 5. The highest BCUT2D eigenvalue weighted by Crippen LogP contribution is 2.34. The van der Waals surface area contributed by atoms with E-state index in [0.29, 0.717) is 6.07 Å². The fourth-order valence-corrected chi connectivity index (χ4v) is 0.921. The Bertz CT molecular complexity index is 370. The summed E-state index contributed by atoms with van der Waals surface area (Å²) in [5.74, 6) is 0. The van der Waals surface area contributed by atoms with Crippen molar-refractivity contribution in [3.05, 3.63) is 33.8 Å². The maximum Gasteiger partial charge on any atom is 0.416 e. The van der Waals surface area contributed by atoms with Gasteiger partial charge in [0, 0.05) is 6.07 Å². The van der Waals surface area contributed by atoms with Crippen molar-refractivity contribution in [2.75, 3.05) is 0 Å². The number of benzene rings is 1. The molecule has 0 aromatic heterocycles. The van der Waals surface area contributed by atoms with Gasteiger partial charge in [-0.15, -0.1) is 0 Å². The summed E-state index contributed by atoms with van der Waals surface area (Å²) in [6, 6.07) is 2.51. The van der Waals surface area contributed by atoms with Crippen molar-refractivity contribution in [3.8, 4) is 0 Å². The average molecular weight is 243 g/mol. The van der Waals surface area contributed by atoms with Crippen LogP contribution in [0.25, 0.3) is 4.98 Å². The van der Waals surface area contributed by atoms with E-state index in [9.17, 15) is 13.2 Å². The largest absolute Gasteiger partial charge is 1.00 e. The van der Waals surface area contributed by atoms with Crippen molar-refractivity contribution in [2.45, 2.75) is 6.18 Å². The Balaban J connectivity index is 0.00000169. The molecule has 0 unspecified atom stereocenters. The number of nitrogens with zero attached hydrogens (tertiary/aromatic N) is 2. The van der Waals surface area contributed by atoms with Crippen LogP contribution in [-0.2, 0) is 6.18 Å². The Kier molecular flexibility index (Phi) is 4.17. The van der Waals surface area contributed by atoms with Gasteiger partial charge in [-0.3, -0.25) is 0 Å². The quantitative estimate of drug-likeness (QED) is 0.621. The molecule has 0 fully saturated rings. The summed E-state index contributed by atoms with van der Waals surface area (Å²) in [5.41, 5.74) is -1.19. The maximum absolute atomic E-state index is 12.1. The summed E-state index contributed by atoms with van der Waals surface area (Å²) >= 11 is 5.43. The highest BCUT2D eigenvalue weighted by Gasteiger charge is 2.32. The first-order chi connectivity index (χ1) is 5.95. The van der Waals surface area contributed by atoms with E-state index in [1.807, 2.05) is 0 Å². The van der Waals surface area contributed by atoms with Gasteiger partial charge >= 0.3 is 11.9 Å². The normalized spacial score (nSPS) is 10.2. The molecule has 0 atom stereocenters. The third-order valence-corrected chi connectivity index (χ3v) is 1.70. The average Bonchev–Trinajstić information content (AvgIpc) is 2.03. The third kappa shape index (κ3) is 2.76. The van der Waals surface area contributed by atoms with Crippen LogP contribution < -0.4 is 12.4 Å². The van der Waals surface area contributed by atoms with Crippen LogP contribution >= 0.6 is 11.6 Å². The lowest BCUT2D eigenvalue weighted by Crippen LogP contribution is -3.00. The van der Waals surface area contributed by atoms with Crippen molar-refractivity contribution < 1.29 is 25.6 Å². The van der Waals surface area contributed by atoms with Gasteiger partial charge in [-0.1, -0.05) is 11.6 Å². The molecule has 1 aromatic carbocycles. The van der Waals surface area contributed by atoms with Crippen LogP contribution in [0.3, 0.4) is 0 Å². The summed E-state index contributed by atoms with van der Waals surface area (Å²) in [4.78, 5) is 2.61. The fraction of sp³-hybridized carbons (Fsp3) is 0.143.